The van der Waals surface area contributed by atoms with Crippen molar-refractivity contribution in [3.05, 3.63) is 59.4 Å². The number of amides is 1. The van der Waals surface area contributed by atoms with E-state index < -0.39 is 0 Å². The molecule has 1 saturated carbocycles. The maximum absolute atomic E-state index is 12.8. The van der Waals surface area contributed by atoms with Crippen LogP contribution in [0.2, 0.25) is 0 Å². The molecule has 0 radical (unpaired) electrons. The first-order valence-electron chi connectivity index (χ1n) is 9.65. The van der Waals surface area contributed by atoms with Crippen molar-refractivity contribution in [3.8, 4) is 5.75 Å². The van der Waals surface area contributed by atoms with Crippen molar-refractivity contribution in [2.24, 2.45) is 11.8 Å². The molecule has 27 heavy (non-hydrogen) atoms. The third kappa shape index (κ3) is 3.98. The number of methoxy groups -OCH3 is 1. The van der Waals surface area contributed by atoms with Crippen molar-refractivity contribution in [2.75, 3.05) is 7.11 Å². The largest absolute Gasteiger partial charge is 0.495 e. The van der Waals surface area contributed by atoms with E-state index in [0.29, 0.717) is 30.9 Å². The quantitative estimate of drug-likeness (QED) is 0.825. The summed E-state index contributed by atoms with van der Waals surface area (Å²) in [5.74, 6) is 1.34. The monoisotopic (exact) mass is 366 g/mol. The number of hydrogen-bond donors (Lipinski definition) is 2. The van der Waals surface area contributed by atoms with Gasteiger partial charge in [0.1, 0.15) is 5.75 Å². The molecule has 0 aliphatic heterocycles. The van der Waals surface area contributed by atoms with Gasteiger partial charge < -0.3 is 15.2 Å². The van der Waals surface area contributed by atoms with Crippen LogP contribution in [0.25, 0.3) is 0 Å². The summed E-state index contributed by atoms with van der Waals surface area (Å²) < 4.78 is 5.28. The third-order valence-electron chi connectivity index (χ3n) is 5.88. The van der Waals surface area contributed by atoms with Crippen LogP contribution in [-0.2, 0) is 17.6 Å². The van der Waals surface area contributed by atoms with Gasteiger partial charge in [-0.25, -0.2) is 0 Å². The van der Waals surface area contributed by atoms with Crippen LogP contribution in [0.4, 0.5) is 0 Å². The lowest BCUT2D eigenvalue weighted by Crippen LogP contribution is -2.41. The van der Waals surface area contributed by atoms with Crippen LogP contribution in [0.3, 0.4) is 0 Å². The number of aliphatic hydroxyl groups is 1. The minimum absolute atomic E-state index is 0.0713. The number of aromatic nitrogens is 1. The van der Waals surface area contributed by atoms with Crippen LogP contribution in [0.5, 0.6) is 5.75 Å². The van der Waals surface area contributed by atoms with Crippen molar-refractivity contribution in [2.45, 2.75) is 44.2 Å². The fourth-order valence-electron chi connectivity index (χ4n) is 4.38. The zero-order valence-corrected chi connectivity index (χ0v) is 15.6. The molecule has 1 heterocycles. The summed E-state index contributed by atoms with van der Waals surface area (Å²) in [5.41, 5.74) is 3.67. The van der Waals surface area contributed by atoms with Crippen molar-refractivity contribution < 1.29 is 14.6 Å². The number of nitrogens with one attached hydrogen (secondary N) is 1. The number of carbonyl (C=O) groups is 1. The van der Waals surface area contributed by atoms with Crippen LogP contribution in [0.1, 0.15) is 42.0 Å². The predicted octanol–water partition coefficient (Wildman–Crippen LogP) is 2.82. The van der Waals surface area contributed by atoms with E-state index >= 15 is 0 Å². The van der Waals surface area contributed by atoms with Gasteiger partial charge in [-0.15, -0.1) is 0 Å². The highest BCUT2D eigenvalue weighted by Gasteiger charge is 2.36. The summed E-state index contributed by atoms with van der Waals surface area (Å²) in [4.78, 5) is 17.0. The van der Waals surface area contributed by atoms with E-state index in [1.54, 1.807) is 19.5 Å². The summed E-state index contributed by atoms with van der Waals surface area (Å²) in [6.07, 6.45) is 7.05. The molecule has 1 fully saturated rings. The van der Waals surface area contributed by atoms with E-state index in [1.807, 2.05) is 6.07 Å². The van der Waals surface area contributed by atoms with Crippen molar-refractivity contribution >= 4 is 5.91 Å². The van der Waals surface area contributed by atoms with Gasteiger partial charge in [0.25, 0.3) is 0 Å². The van der Waals surface area contributed by atoms with Gasteiger partial charge in [0, 0.05) is 12.6 Å². The van der Waals surface area contributed by atoms with Crippen molar-refractivity contribution in [1.29, 1.82) is 0 Å². The molecule has 1 amide bonds. The highest BCUT2D eigenvalue weighted by Crippen LogP contribution is 2.39. The molecule has 0 saturated heterocycles. The summed E-state index contributed by atoms with van der Waals surface area (Å²) in [6.45, 7) is 0. The molecule has 5 heteroatoms. The molecular weight excluding hydrogens is 340 g/mol. The van der Waals surface area contributed by atoms with Crippen LogP contribution in [-0.4, -0.2) is 29.2 Å². The molecule has 2 N–H and O–H groups in total. The topological polar surface area (TPSA) is 71.5 Å². The van der Waals surface area contributed by atoms with Gasteiger partial charge in [0.2, 0.25) is 5.91 Å². The summed E-state index contributed by atoms with van der Waals surface area (Å²) >= 11 is 0. The third-order valence-corrected chi connectivity index (χ3v) is 5.88. The molecule has 2 aliphatic rings. The number of benzene rings is 1. The first-order chi connectivity index (χ1) is 13.1. The molecule has 1 aromatic heterocycles. The fraction of sp³-hybridized carbons (Fsp3) is 0.455. The lowest BCUT2D eigenvalue weighted by atomic mass is 9.75. The molecule has 0 spiro atoms. The highest BCUT2D eigenvalue weighted by molar-refractivity contribution is 5.77. The zero-order valence-electron chi connectivity index (χ0n) is 15.6. The van der Waals surface area contributed by atoms with Crippen LogP contribution in [0, 0.1) is 11.8 Å². The van der Waals surface area contributed by atoms with Gasteiger partial charge in [0.05, 0.1) is 25.5 Å². The Bertz CT molecular complexity index is 792. The molecule has 1 aromatic carbocycles. The first-order valence-corrected chi connectivity index (χ1v) is 9.65. The smallest absolute Gasteiger partial charge is 0.220 e. The average Bonchev–Trinajstić information content (AvgIpc) is 3.06. The molecule has 5 nitrogen and oxygen atoms in total. The SMILES string of the molecule is COc1cncc([C@@H](NC(=O)CC2Cc3ccccc3C2)C2CC(O)C2)c1. The number of hydrogen-bond acceptors (Lipinski definition) is 4. The Morgan fingerprint density at radius 3 is 2.59 bits per heavy atom. The molecule has 142 valence electrons. The Morgan fingerprint density at radius 1 is 1.26 bits per heavy atom. The summed E-state index contributed by atoms with van der Waals surface area (Å²) in [5, 5.41) is 12.9. The van der Waals surface area contributed by atoms with Gasteiger partial charge in [0.15, 0.2) is 0 Å². The zero-order chi connectivity index (χ0) is 18.8. The number of fused-ring (bicyclic) bond motifs is 1. The van der Waals surface area contributed by atoms with Gasteiger partial charge >= 0.3 is 0 Å². The van der Waals surface area contributed by atoms with Crippen LogP contribution < -0.4 is 10.1 Å². The Kier molecular flexibility index (Phi) is 5.12. The summed E-state index contributed by atoms with van der Waals surface area (Å²) in [6, 6.07) is 10.2. The van der Waals surface area contributed by atoms with Crippen molar-refractivity contribution in [1.82, 2.24) is 10.3 Å². The molecule has 2 aromatic rings. The van der Waals surface area contributed by atoms with Crippen LogP contribution in [0.15, 0.2) is 42.7 Å². The molecule has 4 rings (SSSR count). The lowest BCUT2D eigenvalue weighted by molar-refractivity contribution is -0.123. The lowest BCUT2D eigenvalue weighted by Gasteiger charge is -2.38. The maximum atomic E-state index is 12.8. The Balaban J connectivity index is 1.43. The second-order valence-corrected chi connectivity index (χ2v) is 7.84. The van der Waals surface area contributed by atoms with E-state index in [2.05, 4.69) is 34.6 Å². The number of ether oxygens (including phenoxy) is 1. The summed E-state index contributed by atoms with van der Waals surface area (Å²) in [7, 11) is 1.61. The molecule has 2 aliphatic carbocycles. The molecule has 1 atom stereocenters. The molecular formula is C22H26N2O3. The Morgan fingerprint density at radius 2 is 1.96 bits per heavy atom. The Hall–Kier alpha value is -2.40. The van der Waals surface area contributed by atoms with E-state index in [0.717, 1.165) is 18.4 Å². The average molecular weight is 366 g/mol. The van der Waals surface area contributed by atoms with Gasteiger partial charge in [-0.1, -0.05) is 24.3 Å². The van der Waals surface area contributed by atoms with E-state index in [9.17, 15) is 9.90 Å². The maximum Gasteiger partial charge on any atom is 0.220 e. The second kappa shape index (κ2) is 7.69. The van der Waals surface area contributed by atoms with E-state index in [-0.39, 0.29) is 24.0 Å². The fourth-order valence-corrected chi connectivity index (χ4v) is 4.38. The van der Waals surface area contributed by atoms with Crippen molar-refractivity contribution in [3.63, 3.8) is 0 Å². The number of carbonyl (C=O) groups excluding carboxylic acids is 1. The normalized spacial score (nSPS) is 22.6. The van der Waals surface area contributed by atoms with E-state index in [4.69, 9.17) is 4.74 Å². The second-order valence-electron chi connectivity index (χ2n) is 7.84. The molecule has 0 bridgehead atoms. The predicted molar refractivity (Wildman–Crippen MR) is 102 cm³/mol. The van der Waals surface area contributed by atoms with Gasteiger partial charge in [-0.3, -0.25) is 9.78 Å². The number of nitrogens with zero attached hydrogens (tertiary/aromatic N) is 1. The number of rotatable bonds is 6. The van der Waals surface area contributed by atoms with E-state index in [1.165, 1.54) is 11.1 Å². The van der Waals surface area contributed by atoms with Gasteiger partial charge in [-0.05, 0) is 60.3 Å². The van der Waals surface area contributed by atoms with Crippen LogP contribution >= 0.6 is 0 Å². The minimum atomic E-state index is -0.266. The van der Waals surface area contributed by atoms with Gasteiger partial charge in [-0.2, -0.15) is 0 Å². The Labute approximate surface area is 159 Å². The first kappa shape index (κ1) is 18.0. The number of aliphatic hydroxyl groups excluding tert-OH is 1. The molecule has 0 unspecified atom stereocenters. The standard InChI is InChI=1S/C22H26N2O3/c1-27-20-11-18(12-23-13-20)22(17-9-19(25)10-17)24-21(26)8-14-6-15-4-2-3-5-16(15)7-14/h2-5,11-14,17,19,22,25H,6-10H2,1H3,(H,24,26)/t17?,19?,22-/m0/s1. The minimum Gasteiger partial charge on any atom is -0.495 e. The number of pyridine rings is 1. The highest BCUT2D eigenvalue weighted by atomic mass is 16.5.